The number of benzene rings is 4. The van der Waals surface area contributed by atoms with Gasteiger partial charge in [-0.25, -0.2) is 4.98 Å². The van der Waals surface area contributed by atoms with Crippen molar-refractivity contribution in [3.63, 3.8) is 0 Å². The third-order valence-corrected chi connectivity index (χ3v) is 8.32. The van der Waals surface area contributed by atoms with E-state index in [0.29, 0.717) is 23.3 Å². The van der Waals surface area contributed by atoms with Crippen LogP contribution in [0.3, 0.4) is 0 Å². The van der Waals surface area contributed by atoms with E-state index in [0.717, 1.165) is 57.5 Å². The summed E-state index contributed by atoms with van der Waals surface area (Å²) in [4.78, 5) is 4.66. The number of methoxy groups -OCH3 is 1. The summed E-state index contributed by atoms with van der Waals surface area (Å²) in [5.41, 5.74) is 7.86. The molecule has 6 nitrogen and oxygen atoms in total. The zero-order valence-electron chi connectivity index (χ0n) is 27.8. The molecule has 3 aromatic heterocycles. The quantitative estimate of drug-likeness (QED) is 0.129. The van der Waals surface area contributed by atoms with Gasteiger partial charge in [-0.15, -0.1) is 35.7 Å². The first-order valence-electron chi connectivity index (χ1n) is 16.2. The molecule has 0 unspecified atom stereocenters. The summed E-state index contributed by atoms with van der Waals surface area (Å²) in [6.07, 6.45) is 7.88. The van der Waals surface area contributed by atoms with Crippen molar-refractivity contribution in [2.24, 2.45) is 11.8 Å². The smallest absolute Gasteiger partial charge is 0.509 e. The first-order chi connectivity index (χ1) is 22.9. The van der Waals surface area contributed by atoms with Gasteiger partial charge in [-0.3, -0.25) is 4.68 Å². The average molecular weight is 814 g/mol. The number of hydrogen-bond donors (Lipinski definition) is 0. The van der Waals surface area contributed by atoms with Gasteiger partial charge in [0.1, 0.15) is 11.6 Å². The van der Waals surface area contributed by atoms with Crippen molar-refractivity contribution in [1.82, 2.24) is 19.3 Å². The van der Waals surface area contributed by atoms with Gasteiger partial charge in [0, 0.05) is 41.0 Å². The van der Waals surface area contributed by atoms with Crippen molar-refractivity contribution in [2.45, 2.75) is 40.5 Å². The molecule has 0 aliphatic rings. The van der Waals surface area contributed by atoms with Crippen LogP contribution in [-0.4, -0.2) is 26.4 Å². The van der Waals surface area contributed by atoms with Crippen molar-refractivity contribution >= 4 is 21.8 Å². The maximum absolute atomic E-state index is 6.39. The largest absolute Gasteiger partial charge is 2.00 e. The summed E-state index contributed by atoms with van der Waals surface area (Å²) in [5, 5.41) is 6.96. The Kier molecular flexibility index (Phi) is 9.84. The number of pyridine rings is 1. The molecule has 7 heteroatoms. The van der Waals surface area contributed by atoms with E-state index in [4.69, 9.17) is 14.6 Å². The average Bonchev–Trinajstić information content (AvgIpc) is 3.68. The van der Waals surface area contributed by atoms with Gasteiger partial charge in [-0.1, -0.05) is 69.6 Å². The van der Waals surface area contributed by atoms with Gasteiger partial charge >= 0.3 is 21.1 Å². The molecule has 244 valence electrons. The molecular weight excluding hydrogens is 776 g/mol. The van der Waals surface area contributed by atoms with E-state index >= 15 is 0 Å². The van der Waals surface area contributed by atoms with Crippen LogP contribution >= 0.6 is 0 Å². The second-order valence-electron chi connectivity index (χ2n) is 12.8. The Morgan fingerprint density at radius 1 is 0.771 bits per heavy atom. The van der Waals surface area contributed by atoms with Crippen LogP contribution in [0.1, 0.15) is 38.8 Å². The Hall–Kier alpha value is -4.67. The normalized spacial score (nSPS) is 11.4. The molecule has 0 radical (unpaired) electrons. The fourth-order valence-corrected chi connectivity index (χ4v) is 6.40. The zero-order valence-corrected chi connectivity index (χ0v) is 30.1. The molecule has 7 rings (SSSR count). The molecule has 0 aliphatic carbocycles. The number of ether oxygens (including phenoxy) is 2. The van der Waals surface area contributed by atoms with Crippen LogP contribution in [0.15, 0.2) is 104 Å². The molecule has 4 aromatic carbocycles. The van der Waals surface area contributed by atoms with Gasteiger partial charge in [0.05, 0.1) is 13.3 Å². The van der Waals surface area contributed by atoms with Crippen molar-refractivity contribution in [3.8, 4) is 39.9 Å². The first kappa shape index (κ1) is 33.2. The maximum Gasteiger partial charge on any atom is 2.00 e. The van der Waals surface area contributed by atoms with E-state index in [2.05, 4.69) is 92.0 Å². The Morgan fingerprint density at radius 3 is 2.25 bits per heavy atom. The van der Waals surface area contributed by atoms with Crippen molar-refractivity contribution in [1.29, 1.82) is 0 Å². The molecule has 7 aromatic rings. The molecule has 0 fully saturated rings. The molecule has 3 heterocycles. The van der Waals surface area contributed by atoms with Crippen LogP contribution in [0.25, 0.3) is 44.4 Å². The van der Waals surface area contributed by atoms with E-state index in [-0.39, 0.29) is 21.1 Å². The summed E-state index contributed by atoms with van der Waals surface area (Å²) in [7, 11) is 1.66. The van der Waals surface area contributed by atoms with Crippen LogP contribution in [0.2, 0.25) is 0 Å². The van der Waals surface area contributed by atoms with Gasteiger partial charge in [0.2, 0.25) is 0 Å². The molecule has 0 spiro atoms. The third-order valence-electron chi connectivity index (χ3n) is 8.32. The van der Waals surface area contributed by atoms with Crippen molar-refractivity contribution in [2.75, 3.05) is 7.11 Å². The predicted molar refractivity (Wildman–Crippen MR) is 189 cm³/mol. The van der Waals surface area contributed by atoms with E-state index < -0.39 is 0 Å². The summed E-state index contributed by atoms with van der Waals surface area (Å²) in [5.74, 6) is 3.77. The second kappa shape index (κ2) is 14.2. The zero-order chi connectivity index (χ0) is 32.5. The van der Waals surface area contributed by atoms with Gasteiger partial charge in [-0.2, -0.15) is 17.2 Å². The summed E-state index contributed by atoms with van der Waals surface area (Å²) in [6.45, 7) is 9.08. The molecular formula is C41H38N4O2Pt. The van der Waals surface area contributed by atoms with E-state index in [9.17, 15) is 0 Å². The monoisotopic (exact) mass is 813 g/mol. The minimum atomic E-state index is 0. The van der Waals surface area contributed by atoms with E-state index in [1.165, 1.54) is 16.7 Å². The molecule has 0 bridgehead atoms. The Labute approximate surface area is 296 Å². The van der Waals surface area contributed by atoms with Crippen LogP contribution in [0.5, 0.6) is 17.2 Å². The number of rotatable bonds is 10. The van der Waals surface area contributed by atoms with Crippen LogP contribution in [0.4, 0.5) is 0 Å². The number of hydrogen-bond acceptors (Lipinski definition) is 4. The van der Waals surface area contributed by atoms with E-state index in [1.54, 1.807) is 13.3 Å². The molecule has 0 atom stereocenters. The van der Waals surface area contributed by atoms with Gasteiger partial charge < -0.3 is 14.0 Å². The molecule has 0 N–H and O–H groups in total. The fourth-order valence-electron chi connectivity index (χ4n) is 6.40. The Morgan fingerprint density at radius 2 is 1.50 bits per heavy atom. The molecule has 0 aliphatic heterocycles. The summed E-state index contributed by atoms with van der Waals surface area (Å²) >= 11 is 0. The van der Waals surface area contributed by atoms with Crippen molar-refractivity contribution in [3.05, 3.63) is 127 Å². The fraction of sp³-hybridized carbons (Fsp3) is 0.220. The molecule has 0 saturated carbocycles. The standard InChI is InChI=1S/C41H38N4O2.Pt/c1-27(2)20-29-10-8-11-30(21-28(3)4)41(29)31-25-43-44(26-31)32-12-9-13-34(22-32)47-35-16-17-37-36-14-6-7-15-38(36)45(39(37)23-35)40-24-33(46-5)18-19-42-40;/h6-19,24-28H,20-21H2,1-5H3;/q-2;+2. The summed E-state index contributed by atoms with van der Waals surface area (Å²) < 4.78 is 15.9. The minimum Gasteiger partial charge on any atom is -0.509 e. The van der Waals surface area contributed by atoms with Gasteiger partial charge in [0.15, 0.2) is 0 Å². The number of fused-ring (bicyclic) bond motifs is 3. The topological polar surface area (TPSA) is 54.1 Å². The van der Waals surface area contributed by atoms with Crippen LogP contribution < -0.4 is 9.47 Å². The third kappa shape index (κ3) is 6.68. The predicted octanol–water partition coefficient (Wildman–Crippen LogP) is 9.83. The Balaban J connectivity index is 0.00000401. The first-order valence-corrected chi connectivity index (χ1v) is 16.2. The Bertz CT molecular complexity index is 2170. The maximum atomic E-state index is 6.39. The molecule has 0 saturated heterocycles. The van der Waals surface area contributed by atoms with Crippen LogP contribution in [-0.2, 0) is 33.9 Å². The SMILES string of the molecule is COc1ccnc(-n2c3[c-]c(Oc4[c-]c(-n5cc(-c6c(CC(C)C)cccc6CC(C)C)cn5)ccc4)ccc3c3ccccc32)c1.[Pt+2]. The number of aromatic nitrogens is 4. The van der Waals surface area contributed by atoms with Crippen LogP contribution in [0, 0.1) is 24.0 Å². The number of para-hydroxylation sites is 1. The van der Waals surface area contributed by atoms with Gasteiger partial charge in [-0.05, 0) is 64.6 Å². The van der Waals surface area contributed by atoms with Gasteiger partial charge in [0.25, 0.3) is 0 Å². The van der Waals surface area contributed by atoms with Crippen molar-refractivity contribution < 1.29 is 30.5 Å². The summed E-state index contributed by atoms with van der Waals surface area (Å²) in [6, 6.07) is 35.6. The van der Waals surface area contributed by atoms with E-state index in [1.807, 2.05) is 59.4 Å². The second-order valence-corrected chi connectivity index (χ2v) is 12.8. The minimum absolute atomic E-state index is 0. The molecule has 0 amide bonds. The number of nitrogens with zero attached hydrogens (tertiary/aromatic N) is 4. The molecule has 48 heavy (non-hydrogen) atoms.